The van der Waals surface area contributed by atoms with E-state index in [0.29, 0.717) is 43.5 Å². The van der Waals surface area contributed by atoms with Gasteiger partial charge < -0.3 is 15.2 Å². The van der Waals surface area contributed by atoms with E-state index in [2.05, 4.69) is 15.7 Å². The SMILES string of the molecule is N#Cc1ccc(N=C(NCC(=O)O)NN2CCOCC2)cc1. The highest BCUT2D eigenvalue weighted by Crippen LogP contribution is 2.12. The third-order valence-electron chi connectivity index (χ3n) is 2.92. The smallest absolute Gasteiger partial charge is 0.322 e. The second-order valence-electron chi connectivity index (χ2n) is 4.58. The number of aliphatic imine (C=N–C) groups is 1. The number of carboxylic acid groups (broad SMARTS) is 1. The van der Waals surface area contributed by atoms with Crippen molar-refractivity contribution in [3.63, 3.8) is 0 Å². The van der Waals surface area contributed by atoms with Crippen LogP contribution in [0.3, 0.4) is 0 Å². The molecule has 0 radical (unpaired) electrons. The van der Waals surface area contributed by atoms with Crippen LogP contribution in [0.4, 0.5) is 5.69 Å². The van der Waals surface area contributed by atoms with Crippen molar-refractivity contribution in [1.29, 1.82) is 5.26 Å². The van der Waals surface area contributed by atoms with E-state index in [9.17, 15) is 4.79 Å². The summed E-state index contributed by atoms with van der Waals surface area (Å²) in [6.07, 6.45) is 0. The van der Waals surface area contributed by atoms with Crippen molar-refractivity contribution in [3.05, 3.63) is 29.8 Å². The van der Waals surface area contributed by atoms with Gasteiger partial charge in [0.25, 0.3) is 0 Å². The molecule has 22 heavy (non-hydrogen) atoms. The summed E-state index contributed by atoms with van der Waals surface area (Å²) in [5, 5.41) is 22.2. The quantitative estimate of drug-likeness (QED) is 0.533. The summed E-state index contributed by atoms with van der Waals surface area (Å²) in [5.41, 5.74) is 4.21. The van der Waals surface area contributed by atoms with Gasteiger partial charge in [0.15, 0.2) is 0 Å². The molecule has 8 heteroatoms. The molecule has 1 saturated heterocycles. The third kappa shape index (κ3) is 5.05. The molecule has 1 aliphatic rings. The highest BCUT2D eigenvalue weighted by molar-refractivity contribution is 5.85. The predicted molar refractivity (Wildman–Crippen MR) is 79.4 cm³/mol. The second-order valence-corrected chi connectivity index (χ2v) is 4.58. The van der Waals surface area contributed by atoms with E-state index in [1.54, 1.807) is 24.3 Å². The number of carboxylic acids is 1. The molecule has 0 saturated carbocycles. The van der Waals surface area contributed by atoms with Crippen molar-refractivity contribution < 1.29 is 14.6 Å². The van der Waals surface area contributed by atoms with Crippen LogP contribution in [0, 0.1) is 11.3 Å². The maximum absolute atomic E-state index is 10.7. The van der Waals surface area contributed by atoms with E-state index in [0.717, 1.165) is 0 Å². The lowest BCUT2D eigenvalue weighted by molar-refractivity contribution is -0.135. The summed E-state index contributed by atoms with van der Waals surface area (Å²) in [5.74, 6) is -0.634. The average Bonchev–Trinajstić information content (AvgIpc) is 2.54. The van der Waals surface area contributed by atoms with Crippen LogP contribution < -0.4 is 10.7 Å². The first kappa shape index (κ1) is 15.8. The van der Waals surface area contributed by atoms with Crippen LogP contribution in [0.2, 0.25) is 0 Å². The number of nitrogens with one attached hydrogen (secondary N) is 2. The van der Waals surface area contributed by atoms with Crippen molar-refractivity contribution in [2.75, 3.05) is 32.8 Å². The number of benzene rings is 1. The zero-order valence-corrected chi connectivity index (χ0v) is 12.0. The number of aliphatic carboxylic acids is 1. The summed E-state index contributed by atoms with van der Waals surface area (Å²) in [6.45, 7) is 2.33. The maximum atomic E-state index is 10.7. The van der Waals surface area contributed by atoms with Gasteiger partial charge in [0.2, 0.25) is 5.96 Å². The molecule has 0 atom stereocenters. The molecule has 3 N–H and O–H groups in total. The molecule has 1 aromatic carbocycles. The summed E-state index contributed by atoms with van der Waals surface area (Å²) < 4.78 is 5.26. The monoisotopic (exact) mass is 303 g/mol. The van der Waals surface area contributed by atoms with E-state index < -0.39 is 5.97 Å². The van der Waals surface area contributed by atoms with Crippen LogP contribution >= 0.6 is 0 Å². The fourth-order valence-electron chi connectivity index (χ4n) is 1.83. The minimum atomic E-state index is -0.976. The zero-order valence-electron chi connectivity index (χ0n) is 12.0. The van der Waals surface area contributed by atoms with Gasteiger partial charge in [-0.25, -0.2) is 10.0 Å². The number of nitriles is 1. The second kappa shape index (κ2) is 7.97. The molecule has 0 amide bonds. The number of hydrogen-bond donors (Lipinski definition) is 3. The van der Waals surface area contributed by atoms with E-state index in [4.69, 9.17) is 15.1 Å². The highest BCUT2D eigenvalue weighted by Gasteiger charge is 2.12. The molecule has 1 fully saturated rings. The summed E-state index contributed by atoms with van der Waals surface area (Å²) >= 11 is 0. The molecular weight excluding hydrogens is 286 g/mol. The first-order valence-corrected chi connectivity index (χ1v) is 6.81. The average molecular weight is 303 g/mol. The minimum Gasteiger partial charge on any atom is -0.480 e. The lowest BCUT2D eigenvalue weighted by atomic mass is 10.2. The van der Waals surface area contributed by atoms with E-state index in [1.165, 1.54) is 0 Å². The fourth-order valence-corrected chi connectivity index (χ4v) is 1.83. The van der Waals surface area contributed by atoms with Gasteiger partial charge in [-0.05, 0) is 24.3 Å². The van der Waals surface area contributed by atoms with Crippen molar-refractivity contribution in [3.8, 4) is 6.07 Å². The van der Waals surface area contributed by atoms with Crippen LogP contribution in [0.5, 0.6) is 0 Å². The summed E-state index contributed by atoms with van der Waals surface area (Å²) in [7, 11) is 0. The van der Waals surface area contributed by atoms with Gasteiger partial charge in [-0.15, -0.1) is 0 Å². The van der Waals surface area contributed by atoms with Crippen LogP contribution in [-0.4, -0.2) is 54.9 Å². The molecule has 2 rings (SSSR count). The Morgan fingerprint density at radius 2 is 2.05 bits per heavy atom. The number of hydrazine groups is 1. The number of rotatable bonds is 4. The Morgan fingerprint density at radius 3 is 2.64 bits per heavy atom. The molecular formula is C14H17N5O3. The lowest BCUT2D eigenvalue weighted by Gasteiger charge is -2.28. The van der Waals surface area contributed by atoms with Gasteiger partial charge >= 0.3 is 5.97 Å². The number of guanidine groups is 1. The van der Waals surface area contributed by atoms with Gasteiger partial charge in [0, 0.05) is 13.1 Å². The normalized spacial score (nSPS) is 15.9. The summed E-state index contributed by atoms with van der Waals surface area (Å²) in [4.78, 5) is 15.1. The lowest BCUT2D eigenvalue weighted by Crippen LogP contribution is -2.53. The zero-order chi connectivity index (χ0) is 15.8. The standard InChI is InChI=1S/C14H17N5O3/c15-9-11-1-3-12(4-2-11)17-14(16-10-13(20)21)18-19-5-7-22-8-6-19/h1-4H,5-8,10H2,(H,20,21)(H2,16,17,18). The Labute approximate surface area is 128 Å². The Kier molecular flexibility index (Phi) is 5.71. The molecule has 1 heterocycles. The van der Waals surface area contributed by atoms with E-state index in [1.807, 2.05) is 11.1 Å². The van der Waals surface area contributed by atoms with Crippen LogP contribution in [-0.2, 0) is 9.53 Å². The first-order chi connectivity index (χ1) is 10.7. The topological polar surface area (TPSA) is 110 Å². The number of ether oxygens (including phenoxy) is 1. The highest BCUT2D eigenvalue weighted by atomic mass is 16.5. The molecule has 1 aromatic rings. The van der Waals surface area contributed by atoms with Crippen LogP contribution in [0.15, 0.2) is 29.3 Å². The van der Waals surface area contributed by atoms with Gasteiger partial charge in [0.1, 0.15) is 6.54 Å². The Hall–Kier alpha value is -2.63. The van der Waals surface area contributed by atoms with E-state index >= 15 is 0 Å². The van der Waals surface area contributed by atoms with Gasteiger partial charge in [-0.2, -0.15) is 5.26 Å². The van der Waals surface area contributed by atoms with Crippen molar-refractivity contribution in [1.82, 2.24) is 15.8 Å². The predicted octanol–water partition coefficient (Wildman–Crippen LogP) is 0.0568. The molecule has 0 aromatic heterocycles. The number of nitrogens with zero attached hydrogens (tertiary/aromatic N) is 3. The number of carbonyl (C=O) groups is 1. The largest absolute Gasteiger partial charge is 0.480 e. The summed E-state index contributed by atoms with van der Waals surface area (Å²) in [6, 6.07) is 8.74. The Balaban J connectivity index is 2.08. The maximum Gasteiger partial charge on any atom is 0.322 e. The minimum absolute atomic E-state index is 0.244. The molecule has 116 valence electrons. The molecule has 0 unspecified atom stereocenters. The van der Waals surface area contributed by atoms with Crippen molar-refractivity contribution >= 4 is 17.6 Å². The van der Waals surface area contributed by atoms with Crippen LogP contribution in [0.1, 0.15) is 5.56 Å². The Morgan fingerprint density at radius 1 is 1.36 bits per heavy atom. The molecule has 1 aliphatic heterocycles. The van der Waals surface area contributed by atoms with Crippen molar-refractivity contribution in [2.24, 2.45) is 4.99 Å². The first-order valence-electron chi connectivity index (χ1n) is 6.81. The van der Waals surface area contributed by atoms with Crippen LogP contribution in [0.25, 0.3) is 0 Å². The molecule has 0 aliphatic carbocycles. The number of morpholine rings is 1. The fraction of sp³-hybridized carbons (Fsp3) is 0.357. The van der Waals surface area contributed by atoms with Gasteiger partial charge in [0.05, 0.1) is 30.5 Å². The van der Waals surface area contributed by atoms with Gasteiger partial charge in [-0.3, -0.25) is 10.2 Å². The van der Waals surface area contributed by atoms with Gasteiger partial charge in [-0.1, -0.05) is 0 Å². The molecule has 0 spiro atoms. The van der Waals surface area contributed by atoms with E-state index in [-0.39, 0.29) is 6.54 Å². The van der Waals surface area contributed by atoms with Crippen molar-refractivity contribution in [2.45, 2.75) is 0 Å². The Bertz CT molecular complexity index is 573. The third-order valence-corrected chi connectivity index (χ3v) is 2.92. The molecule has 8 nitrogen and oxygen atoms in total. The molecule has 0 bridgehead atoms. The number of hydrogen-bond acceptors (Lipinski definition) is 5.